The normalized spacial score (nSPS) is 10.2. The van der Waals surface area contributed by atoms with E-state index >= 15 is 0 Å². The molecule has 0 bridgehead atoms. The summed E-state index contributed by atoms with van der Waals surface area (Å²) in [5.74, 6) is 0.924. The van der Waals surface area contributed by atoms with Crippen LogP contribution in [0.4, 0.5) is 0 Å². The molecule has 1 aromatic carbocycles. The second kappa shape index (κ2) is 6.43. The van der Waals surface area contributed by atoms with Gasteiger partial charge in [-0.3, -0.25) is 4.79 Å². The van der Waals surface area contributed by atoms with Crippen LogP contribution in [0.15, 0.2) is 35.7 Å². The molecule has 106 valence electrons. The molecule has 4 nitrogen and oxygen atoms in total. The van der Waals surface area contributed by atoms with Gasteiger partial charge >= 0.3 is 0 Å². The number of nitrogens with zero attached hydrogens (tertiary/aromatic N) is 1. The zero-order valence-electron chi connectivity index (χ0n) is 11.8. The third-order valence-corrected chi connectivity index (χ3v) is 3.82. The summed E-state index contributed by atoms with van der Waals surface area (Å²) in [5, 5.41) is 2.00. The van der Waals surface area contributed by atoms with Crippen molar-refractivity contribution in [2.45, 2.75) is 6.54 Å². The van der Waals surface area contributed by atoms with Crippen molar-refractivity contribution in [2.75, 3.05) is 21.3 Å². The maximum Gasteiger partial charge on any atom is 0.261 e. The first kappa shape index (κ1) is 14.4. The molecular formula is C15H17NO3S. The number of thiophene rings is 1. The standard InChI is InChI=1S/C15H17NO3S/c1-16(10-11-6-5-9-20-11)15(17)14-12(18-2)7-4-8-13(14)19-3/h4-9H,10H2,1-3H3. The van der Waals surface area contributed by atoms with Gasteiger partial charge in [-0.1, -0.05) is 12.1 Å². The molecule has 0 fully saturated rings. The van der Waals surface area contributed by atoms with Gasteiger partial charge in [0.05, 0.1) is 20.8 Å². The Balaban J connectivity index is 2.28. The zero-order chi connectivity index (χ0) is 14.5. The third kappa shape index (κ3) is 2.93. The molecule has 1 amide bonds. The van der Waals surface area contributed by atoms with Crippen molar-refractivity contribution in [3.05, 3.63) is 46.2 Å². The first-order valence-electron chi connectivity index (χ1n) is 6.16. The van der Waals surface area contributed by atoms with Crippen LogP contribution in [-0.2, 0) is 6.54 Å². The van der Waals surface area contributed by atoms with E-state index in [4.69, 9.17) is 9.47 Å². The van der Waals surface area contributed by atoms with Crippen molar-refractivity contribution in [2.24, 2.45) is 0 Å². The fourth-order valence-corrected chi connectivity index (χ4v) is 2.72. The van der Waals surface area contributed by atoms with Gasteiger partial charge in [0.2, 0.25) is 0 Å². The molecule has 0 radical (unpaired) electrons. The molecule has 0 aliphatic heterocycles. The fraction of sp³-hybridized carbons (Fsp3) is 0.267. The van der Waals surface area contributed by atoms with Crippen LogP contribution in [0.5, 0.6) is 11.5 Å². The summed E-state index contributed by atoms with van der Waals surface area (Å²) in [7, 11) is 4.86. The number of hydrogen-bond acceptors (Lipinski definition) is 4. The second-order valence-corrected chi connectivity index (χ2v) is 5.31. The van der Waals surface area contributed by atoms with Gasteiger partial charge in [-0.15, -0.1) is 11.3 Å². The minimum absolute atomic E-state index is 0.118. The van der Waals surface area contributed by atoms with Gasteiger partial charge in [-0.25, -0.2) is 0 Å². The van der Waals surface area contributed by atoms with Crippen LogP contribution in [0.3, 0.4) is 0 Å². The molecule has 0 N–H and O–H groups in total. The van der Waals surface area contributed by atoms with E-state index in [1.807, 2.05) is 17.5 Å². The van der Waals surface area contributed by atoms with E-state index in [1.54, 1.807) is 55.7 Å². The van der Waals surface area contributed by atoms with Gasteiger partial charge in [-0.2, -0.15) is 0 Å². The largest absolute Gasteiger partial charge is 0.496 e. The van der Waals surface area contributed by atoms with Crippen molar-refractivity contribution >= 4 is 17.2 Å². The maximum atomic E-state index is 12.6. The summed E-state index contributed by atoms with van der Waals surface area (Å²) in [5.41, 5.74) is 0.455. The van der Waals surface area contributed by atoms with Crippen LogP contribution in [0.1, 0.15) is 15.2 Å². The molecule has 0 aliphatic rings. The summed E-state index contributed by atoms with van der Waals surface area (Å²) < 4.78 is 10.5. The van der Waals surface area contributed by atoms with E-state index in [-0.39, 0.29) is 5.91 Å². The minimum Gasteiger partial charge on any atom is -0.496 e. The average molecular weight is 291 g/mol. The number of carbonyl (C=O) groups excluding carboxylic acids is 1. The molecule has 0 unspecified atom stereocenters. The number of hydrogen-bond donors (Lipinski definition) is 0. The van der Waals surface area contributed by atoms with Crippen molar-refractivity contribution in [1.29, 1.82) is 0 Å². The van der Waals surface area contributed by atoms with E-state index in [0.717, 1.165) is 4.88 Å². The minimum atomic E-state index is -0.118. The highest BCUT2D eigenvalue weighted by Crippen LogP contribution is 2.29. The number of methoxy groups -OCH3 is 2. The molecule has 20 heavy (non-hydrogen) atoms. The van der Waals surface area contributed by atoms with E-state index in [2.05, 4.69) is 0 Å². The third-order valence-electron chi connectivity index (χ3n) is 2.96. The number of carbonyl (C=O) groups is 1. The Labute approximate surface area is 122 Å². The van der Waals surface area contributed by atoms with Crippen LogP contribution in [0.2, 0.25) is 0 Å². The number of ether oxygens (including phenoxy) is 2. The van der Waals surface area contributed by atoms with Crippen molar-refractivity contribution in [1.82, 2.24) is 4.90 Å². The number of amides is 1. The van der Waals surface area contributed by atoms with E-state index in [9.17, 15) is 4.79 Å². The molecule has 0 atom stereocenters. The first-order chi connectivity index (χ1) is 9.67. The quantitative estimate of drug-likeness (QED) is 0.850. The molecule has 0 aliphatic carbocycles. The van der Waals surface area contributed by atoms with E-state index in [0.29, 0.717) is 23.6 Å². The Morgan fingerprint density at radius 3 is 2.30 bits per heavy atom. The van der Waals surface area contributed by atoms with Crippen LogP contribution < -0.4 is 9.47 Å². The molecule has 2 aromatic rings. The predicted octanol–water partition coefficient (Wildman–Crippen LogP) is 3.04. The summed E-state index contributed by atoms with van der Waals surface area (Å²) in [6.45, 7) is 0.567. The molecule has 0 spiro atoms. The summed E-state index contributed by atoms with van der Waals surface area (Å²) >= 11 is 1.63. The Morgan fingerprint density at radius 2 is 1.80 bits per heavy atom. The SMILES string of the molecule is COc1cccc(OC)c1C(=O)N(C)Cc1cccs1. The van der Waals surface area contributed by atoms with Crippen LogP contribution in [0, 0.1) is 0 Å². The topological polar surface area (TPSA) is 38.8 Å². The van der Waals surface area contributed by atoms with Gasteiger partial charge < -0.3 is 14.4 Å². The average Bonchev–Trinajstić information content (AvgIpc) is 2.98. The molecular weight excluding hydrogens is 274 g/mol. The highest BCUT2D eigenvalue weighted by molar-refractivity contribution is 7.09. The van der Waals surface area contributed by atoms with Crippen LogP contribution in [0.25, 0.3) is 0 Å². The molecule has 5 heteroatoms. The summed E-state index contributed by atoms with van der Waals surface area (Å²) in [4.78, 5) is 15.4. The van der Waals surface area contributed by atoms with Crippen molar-refractivity contribution < 1.29 is 14.3 Å². The Morgan fingerprint density at radius 1 is 1.15 bits per heavy atom. The fourth-order valence-electron chi connectivity index (χ4n) is 1.96. The van der Waals surface area contributed by atoms with Gasteiger partial charge in [0.15, 0.2) is 0 Å². The number of benzene rings is 1. The molecule has 1 heterocycles. The van der Waals surface area contributed by atoms with Gasteiger partial charge in [-0.05, 0) is 23.6 Å². The van der Waals surface area contributed by atoms with Crippen molar-refractivity contribution in [3.8, 4) is 11.5 Å². The molecule has 2 rings (SSSR count). The molecule has 1 aromatic heterocycles. The highest BCUT2D eigenvalue weighted by Gasteiger charge is 2.21. The predicted molar refractivity (Wildman–Crippen MR) is 79.7 cm³/mol. The van der Waals surface area contributed by atoms with Gasteiger partial charge in [0.1, 0.15) is 17.1 Å². The van der Waals surface area contributed by atoms with Crippen LogP contribution in [-0.4, -0.2) is 32.1 Å². The zero-order valence-corrected chi connectivity index (χ0v) is 12.6. The Bertz CT molecular complexity index is 559. The lowest BCUT2D eigenvalue weighted by atomic mass is 10.1. The highest BCUT2D eigenvalue weighted by atomic mass is 32.1. The molecule has 0 saturated heterocycles. The molecule has 0 saturated carbocycles. The number of rotatable bonds is 5. The lowest BCUT2D eigenvalue weighted by Gasteiger charge is -2.19. The first-order valence-corrected chi connectivity index (χ1v) is 7.04. The monoisotopic (exact) mass is 291 g/mol. The smallest absolute Gasteiger partial charge is 0.261 e. The van der Waals surface area contributed by atoms with Crippen molar-refractivity contribution in [3.63, 3.8) is 0 Å². The van der Waals surface area contributed by atoms with E-state index < -0.39 is 0 Å². The maximum absolute atomic E-state index is 12.6. The Kier molecular flexibility index (Phi) is 4.63. The summed E-state index contributed by atoms with van der Waals surface area (Å²) in [6.07, 6.45) is 0. The second-order valence-electron chi connectivity index (χ2n) is 4.28. The Hall–Kier alpha value is -2.01. The van der Waals surface area contributed by atoms with Crippen LogP contribution >= 0.6 is 11.3 Å². The lowest BCUT2D eigenvalue weighted by Crippen LogP contribution is -2.26. The summed E-state index contributed by atoms with van der Waals surface area (Å²) in [6, 6.07) is 9.30. The van der Waals surface area contributed by atoms with E-state index in [1.165, 1.54) is 0 Å². The van der Waals surface area contributed by atoms with Gasteiger partial charge in [0, 0.05) is 11.9 Å². The lowest BCUT2D eigenvalue weighted by molar-refractivity contribution is 0.0779. The van der Waals surface area contributed by atoms with Gasteiger partial charge in [0.25, 0.3) is 5.91 Å².